The summed E-state index contributed by atoms with van der Waals surface area (Å²) in [7, 11) is -3.85. The fraction of sp³-hybridized carbons (Fsp3) is 0.278. The quantitative estimate of drug-likeness (QED) is 0.856. The number of nitrogens with one attached hydrogen (secondary N) is 1. The molecule has 2 aromatic rings. The summed E-state index contributed by atoms with van der Waals surface area (Å²) in [4.78, 5) is 1.96. The number of benzene rings is 2. The van der Waals surface area contributed by atoms with E-state index in [0.29, 0.717) is 24.5 Å². The van der Waals surface area contributed by atoms with Gasteiger partial charge in [0.1, 0.15) is 11.9 Å². The topological polar surface area (TPSA) is 99.2 Å². The van der Waals surface area contributed by atoms with E-state index < -0.39 is 10.0 Å². The Kier molecular flexibility index (Phi) is 5.11. The predicted molar refractivity (Wildman–Crippen MR) is 97.8 cm³/mol. The van der Waals surface area contributed by atoms with Crippen LogP contribution in [0.25, 0.3) is 0 Å². The zero-order chi connectivity index (χ0) is 18.7. The van der Waals surface area contributed by atoms with Gasteiger partial charge in [0.2, 0.25) is 10.0 Å². The number of para-hydroxylation sites is 1. The molecular formula is C18H19FN4O2S. The van der Waals surface area contributed by atoms with Gasteiger partial charge in [0, 0.05) is 19.1 Å². The number of sulfonamides is 1. The lowest BCUT2D eigenvalue weighted by atomic mass is 10.0. The van der Waals surface area contributed by atoms with E-state index in [-0.39, 0.29) is 22.3 Å². The number of anilines is 2. The van der Waals surface area contributed by atoms with Crippen molar-refractivity contribution in [2.75, 3.05) is 23.3 Å². The number of primary sulfonamides is 1. The fourth-order valence-electron chi connectivity index (χ4n) is 3.12. The molecule has 0 radical (unpaired) electrons. The van der Waals surface area contributed by atoms with E-state index in [0.717, 1.165) is 12.8 Å². The zero-order valence-corrected chi connectivity index (χ0v) is 14.8. The smallest absolute Gasteiger partial charge is 0.238 e. The van der Waals surface area contributed by atoms with E-state index in [2.05, 4.69) is 5.32 Å². The van der Waals surface area contributed by atoms with Crippen LogP contribution in [0.1, 0.15) is 18.4 Å². The summed E-state index contributed by atoms with van der Waals surface area (Å²) < 4.78 is 36.6. The Bertz CT molecular complexity index is 948. The molecule has 8 heteroatoms. The van der Waals surface area contributed by atoms with Gasteiger partial charge in [0.15, 0.2) is 0 Å². The van der Waals surface area contributed by atoms with Gasteiger partial charge in [0.05, 0.1) is 21.8 Å². The van der Waals surface area contributed by atoms with Crippen molar-refractivity contribution < 1.29 is 12.8 Å². The Hall–Kier alpha value is -2.63. The number of nitriles is 1. The third-order valence-corrected chi connectivity index (χ3v) is 5.40. The van der Waals surface area contributed by atoms with Crippen LogP contribution in [0.3, 0.4) is 0 Å². The second-order valence-electron chi connectivity index (χ2n) is 6.22. The number of rotatable bonds is 4. The monoisotopic (exact) mass is 374 g/mol. The molecule has 0 amide bonds. The first-order valence-corrected chi connectivity index (χ1v) is 9.76. The highest BCUT2D eigenvalue weighted by Gasteiger charge is 2.22. The van der Waals surface area contributed by atoms with Gasteiger partial charge in [-0.05, 0) is 43.2 Å². The van der Waals surface area contributed by atoms with E-state index in [1.807, 2.05) is 11.0 Å². The molecule has 0 spiro atoms. The number of hydrogen-bond donors (Lipinski definition) is 2. The number of piperidine rings is 1. The van der Waals surface area contributed by atoms with Crippen LogP contribution in [0.2, 0.25) is 0 Å². The SMILES string of the molecule is N#Cc1cc(S(N)(=O)=O)ccc1N1CCC(Nc2ccccc2F)CC1. The Morgan fingerprint density at radius 3 is 2.50 bits per heavy atom. The molecule has 1 aliphatic heterocycles. The van der Waals surface area contributed by atoms with E-state index in [9.17, 15) is 18.1 Å². The maximum atomic E-state index is 13.8. The van der Waals surface area contributed by atoms with Crippen molar-refractivity contribution in [2.24, 2.45) is 5.14 Å². The molecule has 136 valence electrons. The minimum Gasteiger partial charge on any atom is -0.380 e. The normalized spacial score (nSPS) is 15.5. The van der Waals surface area contributed by atoms with Crippen LogP contribution in [0.4, 0.5) is 15.8 Å². The second kappa shape index (κ2) is 7.32. The Labute approximate surface area is 152 Å². The Morgan fingerprint density at radius 2 is 1.88 bits per heavy atom. The molecule has 0 aromatic heterocycles. The van der Waals surface area contributed by atoms with Gasteiger partial charge in [-0.15, -0.1) is 0 Å². The van der Waals surface area contributed by atoms with Crippen LogP contribution in [0.15, 0.2) is 47.4 Å². The summed E-state index contributed by atoms with van der Waals surface area (Å²) >= 11 is 0. The average molecular weight is 374 g/mol. The lowest BCUT2D eigenvalue weighted by molar-refractivity contribution is 0.522. The van der Waals surface area contributed by atoms with Crippen LogP contribution in [-0.2, 0) is 10.0 Å². The largest absolute Gasteiger partial charge is 0.380 e. The molecule has 1 heterocycles. The van der Waals surface area contributed by atoms with Crippen molar-refractivity contribution in [3.8, 4) is 6.07 Å². The van der Waals surface area contributed by atoms with Crippen LogP contribution in [-0.4, -0.2) is 27.5 Å². The minimum absolute atomic E-state index is 0.0751. The fourth-order valence-corrected chi connectivity index (χ4v) is 3.66. The van der Waals surface area contributed by atoms with Gasteiger partial charge >= 0.3 is 0 Å². The minimum atomic E-state index is -3.85. The number of nitrogens with zero attached hydrogens (tertiary/aromatic N) is 2. The summed E-state index contributed by atoms with van der Waals surface area (Å²) in [6, 6.07) is 13.1. The second-order valence-corrected chi connectivity index (χ2v) is 7.78. The standard InChI is InChI=1S/C18H19FN4O2S/c19-16-3-1-2-4-17(16)22-14-7-9-23(10-8-14)18-6-5-15(26(21,24)25)11-13(18)12-20/h1-6,11,14,22H,7-10H2,(H2,21,24,25). The highest BCUT2D eigenvalue weighted by Crippen LogP contribution is 2.27. The molecule has 1 saturated heterocycles. The average Bonchev–Trinajstić information content (AvgIpc) is 2.63. The van der Waals surface area contributed by atoms with E-state index in [1.54, 1.807) is 24.3 Å². The lowest BCUT2D eigenvalue weighted by Gasteiger charge is -2.35. The van der Waals surface area contributed by atoms with Gasteiger partial charge in [0.25, 0.3) is 0 Å². The van der Waals surface area contributed by atoms with Crippen LogP contribution < -0.4 is 15.4 Å². The molecule has 0 bridgehead atoms. The van der Waals surface area contributed by atoms with Crippen molar-refractivity contribution in [3.05, 3.63) is 53.8 Å². The van der Waals surface area contributed by atoms with Crippen molar-refractivity contribution in [2.45, 2.75) is 23.8 Å². The molecule has 3 rings (SSSR count). The van der Waals surface area contributed by atoms with Gasteiger partial charge in [-0.2, -0.15) is 5.26 Å². The molecule has 3 N–H and O–H groups in total. The molecular weight excluding hydrogens is 355 g/mol. The first-order valence-electron chi connectivity index (χ1n) is 8.21. The van der Waals surface area contributed by atoms with Gasteiger partial charge in [-0.25, -0.2) is 17.9 Å². The molecule has 0 unspecified atom stereocenters. The van der Waals surface area contributed by atoms with Crippen molar-refractivity contribution in [1.29, 1.82) is 5.26 Å². The predicted octanol–water partition coefficient (Wildman–Crippen LogP) is 2.43. The maximum absolute atomic E-state index is 13.8. The van der Waals surface area contributed by atoms with E-state index in [4.69, 9.17) is 5.14 Å². The summed E-state index contributed by atoms with van der Waals surface area (Å²) in [5.41, 5.74) is 1.45. The highest BCUT2D eigenvalue weighted by atomic mass is 32.2. The Balaban J connectivity index is 1.70. The molecule has 6 nitrogen and oxygen atoms in total. The molecule has 1 aliphatic rings. The lowest BCUT2D eigenvalue weighted by Crippen LogP contribution is -2.39. The van der Waals surface area contributed by atoms with Crippen molar-refractivity contribution >= 4 is 21.4 Å². The summed E-state index contributed by atoms with van der Waals surface area (Å²) in [6.07, 6.45) is 1.55. The number of hydrogen-bond acceptors (Lipinski definition) is 5. The Morgan fingerprint density at radius 1 is 1.19 bits per heavy atom. The highest BCUT2D eigenvalue weighted by molar-refractivity contribution is 7.89. The molecule has 2 aromatic carbocycles. The zero-order valence-electron chi connectivity index (χ0n) is 14.0. The van der Waals surface area contributed by atoms with Crippen molar-refractivity contribution in [3.63, 3.8) is 0 Å². The van der Waals surface area contributed by atoms with Gasteiger partial charge in [-0.3, -0.25) is 0 Å². The molecule has 0 saturated carbocycles. The first kappa shape index (κ1) is 18.2. The van der Waals surface area contributed by atoms with Gasteiger partial charge in [-0.1, -0.05) is 12.1 Å². The van der Waals surface area contributed by atoms with Crippen molar-refractivity contribution in [1.82, 2.24) is 0 Å². The summed E-state index contributed by atoms with van der Waals surface area (Å²) in [6.45, 7) is 1.35. The van der Waals surface area contributed by atoms with Crippen LogP contribution in [0, 0.1) is 17.1 Å². The van der Waals surface area contributed by atoms with Crippen LogP contribution >= 0.6 is 0 Å². The molecule has 1 fully saturated rings. The molecule has 0 aliphatic carbocycles. The van der Waals surface area contributed by atoms with Gasteiger partial charge < -0.3 is 10.2 Å². The summed E-state index contributed by atoms with van der Waals surface area (Å²) in [5.74, 6) is -0.278. The third kappa shape index (κ3) is 3.95. The maximum Gasteiger partial charge on any atom is 0.238 e. The van der Waals surface area contributed by atoms with E-state index >= 15 is 0 Å². The molecule has 0 atom stereocenters. The number of halogens is 1. The number of nitrogens with two attached hydrogens (primary N) is 1. The third-order valence-electron chi connectivity index (χ3n) is 4.49. The molecule has 26 heavy (non-hydrogen) atoms. The first-order chi connectivity index (χ1) is 12.4. The summed E-state index contributed by atoms with van der Waals surface area (Å²) in [5, 5.41) is 17.7. The van der Waals surface area contributed by atoms with E-state index in [1.165, 1.54) is 18.2 Å². The van der Waals surface area contributed by atoms with Crippen LogP contribution in [0.5, 0.6) is 0 Å².